The molecule has 0 radical (unpaired) electrons. The number of nitrogens with one attached hydrogen (secondary N) is 1. The summed E-state index contributed by atoms with van der Waals surface area (Å²) >= 11 is 0. The van der Waals surface area contributed by atoms with Gasteiger partial charge in [0.15, 0.2) is 11.0 Å². The van der Waals surface area contributed by atoms with Crippen LogP contribution in [0, 0.1) is 4.91 Å². The standard InChI is InChI=1S/C27H23N4O2P/c32-29-25-18-17-24(26-27(25)31-33-30-26)28-19-10-20-34(21-11-4-1-5-12-21,22-13-6-2-7-14-22)23-15-8-3-9-16-23/h1-9,11-18H,10,19-20H2/p+1. The average Bonchev–Trinajstić information content (AvgIpc) is 3.41. The molecule has 5 rings (SSSR count). The van der Waals surface area contributed by atoms with Crippen molar-refractivity contribution >= 4 is 45.6 Å². The van der Waals surface area contributed by atoms with Crippen LogP contribution in [0.1, 0.15) is 6.42 Å². The van der Waals surface area contributed by atoms with E-state index in [1.165, 1.54) is 15.9 Å². The summed E-state index contributed by atoms with van der Waals surface area (Å²) in [5.74, 6) is 0. The van der Waals surface area contributed by atoms with Crippen molar-refractivity contribution in [2.75, 3.05) is 18.0 Å². The van der Waals surface area contributed by atoms with Crippen molar-refractivity contribution in [1.82, 2.24) is 10.3 Å². The number of hydrogen-bond acceptors (Lipinski definition) is 6. The molecule has 0 aliphatic carbocycles. The van der Waals surface area contributed by atoms with Gasteiger partial charge in [0.05, 0.1) is 11.8 Å². The van der Waals surface area contributed by atoms with E-state index < -0.39 is 7.26 Å². The fourth-order valence-corrected chi connectivity index (χ4v) is 8.84. The van der Waals surface area contributed by atoms with E-state index in [0.29, 0.717) is 11.0 Å². The first-order valence-electron chi connectivity index (χ1n) is 11.2. The first-order chi connectivity index (χ1) is 16.8. The van der Waals surface area contributed by atoms with Crippen LogP contribution in [0.2, 0.25) is 0 Å². The van der Waals surface area contributed by atoms with Crippen LogP contribution in [0.5, 0.6) is 0 Å². The summed E-state index contributed by atoms with van der Waals surface area (Å²) in [6, 6.07) is 36.0. The third-order valence-electron chi connectivity index (χ3n) is 6.07. The van der Waals surface area contributed by atoms with Crippen molar-refractivity contribution < 1.29 is 4.63 Å². The number of nitroso groups, excluding NO2 is 1. The Bertz CT molecular complexity index is 1280. The number of hydrogen-bond donors (Lipinski definition) is 1. The van der Waals surface area contributed by atoms with Crippen molar-refractivity contribution in [2.24, 2.45) is 5.18 Å². The van der Waals surface area contributed by atoms with E-state index in [0.717, 1.165) is 24.8 Å². The van der Waals surface area contributed by atoms with Crippen LogP contribution in [0.3, 0.4) is 0 Å². The smallest absolute Gasteiger partial charge is 0.166 e. The highest BCUT2D eigenvalue weighted by Crippen LogP contribution is 2.55. The highest BCUT2D eigenvalue weighted by molar-refractivity contribution is 7.95. The van der Waals surface area contributed by atoms with Gasteiger partial charge in [0.25, 0.3) is 0 Å². The maximum atomic E-state index is 11.0. The lowest BCUT2D eigenvalue weighted by molar-refractivity contribution is 0.315. The van der Waals surface area contributed by atoms with Gasteiger partial charge in [-0.25, -0.2) is 4.63 Å². The van der Waals surface area contributed by atoms with E-state index in [2.05, 4.69) is 112 Å². The summed E-state index contributed by atoms with van der Waals surface area (Å²) < 4.78 is 4.85. The number of anilines is 1. The molecule has 6 nitrogen and oxygen atoms in total. The topological polar surface area (TPSA) is 80.4 Å². The van der Waals surface area contributed by atoms with Gasteiger partial charge in [-0.3, -0.25) is 0 Å². The molecular weight excluding hydrogens is 443 g/mol. The van der Waals surface area contributed by atoms with Crippen LogP contribution in [-0.4, -0.2) is 23.0 Å². The van der Waals surface area contributed by atoms with Gasteiger partial charge in [0, 0.05) is 6.54 Å². The lowest BCUT2D eigenvalue weighted by atomic mass is 10.2. The number of benzene rings is 4. The van der Waals surface area contributed by atoms with Gasteiger partial charge in [-0.2, -0.15) is 0 Å². The Balaban J connectivity index is 1.46. The number of aromatic nitrogens is 2. The normalized spacial score (nSPS) is 11.4. The van der Waals surface area contributed by atoms with Gasteiger partial charge < -0.3 is 5.32 Å². The van der Waals surface area contributed by atoms with Crippen LogP contribution in [0.15, 0.2) is 113 Å². The lowest BCUT2D eigenvalue weighted by Crippen LogP contribution is -2.33. The monoisotopic (exact) mass is 467 g/mol. The van der Waals surface area contributed by atoms with E-state index >= 15 is 0 Å². The SMILES string of the molecule is O=Nc1ccc(NCCC[P+](c2ccccc2)(c2ccccc2)c2ccccc2)c2nonc12. The predicted molar refractivity (Wildman–Crippen MR) is 140 cm³/mol. The minimum absolute atomic E-state index is 0.226. The number of nitrogens with zero attached hydrogens (tertiary/aromatic N) is 3. The summed E-state index contributed by atoms with van der Waals surface area (Å²) in [6.45, 7) is 0.740. The summed E-state index contributed by atoms with van der Waals surface area (Å²) in [6.07, 6.45) is 1.94. The minimum atomic E-state index is -1.87. The van der Waals surface area contributed by atoms with Crippen LogP contribution >= 0.6 is 7.26 Å². The van der Waals surface area contributed by atoms with E-state index in [4.69, 9.17) is 4.63 Å². The molecule has 0 unspecified atom stereocenters. The Morgan fingerprint density at radius 1 is 0.706 bits per heavy atom. The molecule has 0 fully saturated rings. The summed E-state index contributed by atoms with van der Waals surface area (Å²) in [7, 11) is -1.87. The van der Waals surface area contributed by atoms with Crippen molar-refractivity contribution in [3.8, 4) is 0 Å². The predicted octanol–water partition coefficient (Wildman–Crippen LogP) is 5.42. The lowest BCUT2D eigenvalue weighted by Gasteiger charge is -2.27. The van der Waals surface area contributed by atoms with Crippen molar-refractivity contribution in [3.63, 3.8) is 0 Å². The zero-order chi connectivity index (χ0) is 23.2. The molecule has 0 amide bonds. The van der Waals surface area contributed by atoms with E-state index in [9.17, 15) is 4.91 Å². The molecule has 34 heavy (non-hydrogen) atoms. The summed E-state index contributed by atoms with van der Waals surface area (Å²) in [5, 5.41) is 18.4. The van der Waals surface area contributed by atoms with Gasteiger partial charge in [-0.15, -0.1) is 4.91 Å². The quantitative estimate of drug-likeness (QED) is 0.178. The van der Waals surface area contributed by atoms with Gasteiger partial charge in [0.1, 0.15) is 28.9 Å². The Hall–Kier alpha value is -3.89. The molecule has 0 saturated carbocycles. The Labute approximate surface area is 198 Å². The molecule has 5 aromatic rings. The maximum Gasteiger partial charge on any atom is 0.166 e. The Morgan fingerprint density at radius 3 is 1.76 bits per heavy atom. The highest BCUT2D eigenvalue weighted by atomic mass is 31.2. The molecule has 168 valence electrons. The Morgan fingerprint density at radius 2 is 1.24 bits per heavy atom. The second kappa shape index (κ2) is 9.94. The van der Waals surface area contributed by atoms with Crippen molar-refractivity contribution in [3.05, 3.63) is 108 Å². The van der Waals surface area contributed by atoms with Crippen molar-refractivity contribution in [1.29, 1.82) is 0 Å². The molecule has 0 atom stereocenters. The fourth-order valence-electron chi connectivity index (χ4n) is 4.49. The first-order valence-corrected chi connectivity index (χ1v) is 13.2. The van der Waals surface area contributed by atoms with Crippen LogP contribution in [0.25, 0.3) is 11.0 Å². The third kappa shape index (κ3) is 4.09. The largest absolute Gasteiger partial charge is 0.383 e. The van der Waals surface area contributed by atoms with E-state index in [1.54, 1.807) is 12.1 Å². The second-order valence-electron chi connectivity index (χ2n) is 8.01. The van der Waals surface area contributed by atoms with E-state index in [1.807, 2.05) is 0 Å². The second-order valence-corrected chi connectivity index (χ2v) is 11.6. The molecule has 0 aliphatic rings. The average molecular weight is 467 g/mol. The molecule has 0 aliphatic heterocycles. The van der Waals surface area contributed by atoms with Gasteiger partial charge in [0.2, 0.25) is 0 Å². The summed E-state index contributed by atoms with van der Waals surface area (Å²) in [5.41, 5.74) is 1.91. The van der Waals surface area contributed by atoms with Crippen LogP contribution < -0.4 is 21.2 Å². The fraction of sp³-hybridized carbons (Fsp3) is 0.111. The van der Waals surface area contributed by atoms with Crippen LogP contribution in [-0.2, 0) is 0 Å². The zero-order valence-electron chi connectivity index (χ0n) is 18.5. The molecule has 0 spiro atoms. The third-order valence-corrected chi connectivity index (χ3v) is 10.6. The van der Waals surface area contributed by atoms with Crippen molar-refractivity contribution in [2.45, 2.75) is 6.42 Å². The molecule has 0 bridgehead atoms. The number of fused-ring (bicyclic) bond motifs is 1. The molecule has 1 N–H and O–H groups in total. The van der Waals surface area contributed by atoms with Gasteiger partial charge in [-0.1, -0.05) is 54.6 Å². The first kappa shape index (κ1) is 21.9. The molecule has 1 heterocycles. The Kier molecular flexibility index (Phi) is 6.41. The van der Waals surface area contributed by atoms with Crippen LogP contribution in [0.4, 0.5) is 11.4 Å². The summed E-state index contributed by atoms with van der Waals surface area (Å²) in [4.78, 5) is 11.0. The molecule has 1 aromatic heterocycles. The minimum Gasteiger partial charge on any atom is -0.383 e. The van der Waals surface area contributed by atoms with Gasteiger partial charge >= 0.3 is 0 Å². The highest BCUT2D eigenvalue weighted by Gasteiger charge is 2.44. The number of rotatable bonds is 9. The molecule has 4 aromatic carbocycles. The maximum absolute atomic E-state index is 11.0. The zero-order valence-corrected chi connectivity index (χ0v) is 19.4. The van der Waals surface area contributed by atoms with Gasteiger partial charge in [-0.05, 0) is 70.4 Å². The molecule has 7 heteroatoms. The molecular formula is C27H24N4O2P+. The molecule has 0 saturated heterocycles. The van der Waals surface area contributed by atoms with E-state index in [-0.39, 0.29) is 5.69 Å².